The summed E-state index contributed by atoms with van der Waals surface area (Å²) < 4.78 is 5.66. The Morgan fingerprint density at radius 1 is 1.56 bits per heavy atom. The number of terminal acetylenes is 1. The lowest BCUT2D eigenvalue weighted by molar-refractivity contribution is -0.148. The van der Waals surface area contributed by atoms with E-state index in [2.05, 4.69) is 5.92 Å². The summed E-state index contributed by atoms with van der Waals surface area (Å²) in [7, 11) is 0. The summed E-state index contributed by atoms with van der Waals surface area (Å²) in [5, 5.41) is 9.40. The van der Waals surface area contributed by atoms with E-state index in [1.54, 1.807) is 0 Å². The third-order valence-corrected chi connectivity index (χ3v) is 4.01. The fourth-order valence-corrected chi connectivity index (χ4v) is 2.36. The molecule has 2 bridgehead atoms. The van der Waals surface area contributed by atoms with Crippen LogP contribution in [0.25, 0.3) is 0 Å². The molecule has 0 heterocycles. The van der Waals surface area contributed by atoms with Crippen molar-refractivity contribution in [2.75, 3.05) is 11.0 Å². The number of carbonyl (C=O) groups excluding carboxylic acids is 1. The molecule has 2 rings (SSSR count). The molecule has 3 atom stereocenters. The minimum absolute atomic E-state index is 0.0195. The molecule has 3 unspecified atom stereocenters. The monoisotopic (exact) mass is 356 g/mol. The van der Waals surface area contributed by atoms with Crippen molar-refractivity contribution in [3.63, 3.8) is 0 Å². The molecule has 18 heavy (non-hydrogen) atoms. The highest BCUT2D eigenvalue weighted by molar-refractivity contribution is 14.1. The Hall–Kier alpha value is -1.06. The van der Waals surface area contributed by atoms with Crippen molar-refractivity contribution in [2.45, 2.75) is 17.9 Å². The van der Waals surface area contributed by atoms with Crippen LogP contribution in [0.4, 0.5) is 0 Å². The number of ether oxygens (including phenoxy) is 1. The van der Waals surface area contributed by atoms with Gasteiger partial charge in [0.15, 0.2) is 0 Å². The van der Waals surface area contributed by atoms with Crippen LogP contribution in [0.3, 0.4) is 0 Å². The van der Waals surface area contributed by atoms with Crippen LogP contribution in [-0.2, 0) is 9.53 Å². The minimum Gasteiger partial charge on any atom is -0.462 e. The molecule has 0 aliphatic heterocycles. The number of hydrogen-bond donors (Lipinski definition) is 1. The molecular weight excluding hydrogens is 343 g/mol. The number of aliphatic hydroxyl groups excluding tert-OH is 1. The van der Waals surface area contributed by atoms with E-state index in [0.29, 0.717) is 4.43 Å². The summed E-state index contributed by atoms with van der Waals surface area (Å²) in [5.41, 5.74) is 1.87. The van der Waals surface area contributed by atoms with Crippen LogP contribution < -0.4 is 0 Å². The zero-order chi connectivity index (χ0) is 13.1. The molecule has 0 spiro atoms. The molecule has 4 heteroatoms. The number of carbonyl (C=O) groups is 1. The molecule has 3 nitrogen and oxygen atoms in total. The highest BCUT2D eigenvalue weighted by Crippen LogP contribution is 2.40. The highest BCUT2D eigenvalue weighted by Gasteiger charge is 2.36. The fourth-order valence-electron chi connectivity index (χ4n) is 2.11. The number of hydrogen-bond acceptors (Lipinski definition) is 3. The van der Waals surface area contributed by atoms with Crippen LogP contribution >= 0.6 is 22.6 Å². The van der Waals surface area contributed by atoms with Crippen LogP contribution in [0.2, 0.25) is 0 Å². The van der Waals surface area contributed by atoms with Crippen LogP contribution in [0, 0.1) is 12.3 Å². The van der Waals surface area contributed by atoms with Crippen LogP contribution in [0.15, 0.2) is 24.3 Å². The Morgan fingerprint density at radius 3 is 2.94 bits per heavy atom. The van der Waals surface area contributed by atoms with Crippen LogP contribution in [0.5, 0.6) is 0 Å². The first kappa shape index (κ1) is 13.4. The molecule has 1 aliphatic rings. The lowest BCUT2D eigenvalue weighted by Gasteiger charge is -2.16. The largest absolute Gasteiger partial charge is 0.462 e. The second-order valence-electron chi connectivity index (χ2n) is 4.23. The molecule has 0 saturated carbocycles. The van der Waals surface area contributed by atoms with E-state index < -0.39 is 12.0 Å². The Morgan fingerprint density at radius 2 is 2.28 bits per heavy atom. The maximum absolute atomic E-state index is 12.0. The average molecular weight is 356 g/mol. The fraction of sp³-hybridized carbons (Fsp3) is 0.357. The lowest BCUT2D eigenvalue weighted by Crippen LogP contribution is -2.24. The highest BCUT2D eigenvalue weighted by atomic mass is 127. The Balaban J connectivity index is 2.09. The Labute approximate surface area is 120 Å². The molecule has 1 aromatic rings. The van der Waals surface area contributed by atoms with E-state index in [0.717, 1.165) is 11.1 Å². The van der Waals surface area contributed by atoms with Crippen LogP contribution in [0.1, 0.15) is 23.0 Å². The summed E-state index contributed by atoms with van der Waals surface area (Å²) in [6.07, 6.45) is 4.87. The van der Waals surface area contributed by atoms with Crippen molar-refractivity contribution in [1.82, 2.24) is 0 Å². The standard InChI is InChI=1S/C14H13IO3/c1-2-12-9-4-3-5-10(6-9)13(12)14(17)18-8-11(16)7-15/h1,3-6,11-13,16H,7-8H2. The van der Waals surface area contributed by atoms with Gasteiger partial charge < -0.3 is 9.84 Å². The van der Waals surface area contributed by atoms with Crippen LogP contribution in [-0.4, -0.2) is 28.2 Å². The second-order valence-corrected chi connectivity index (χ2v) is 5.11. The van der Waals surface area contributed by atoms with E-state index in [1.165, 1.54) is 0 Å². The Kier molecular flexibility index (Phi) is 4.25. The summed E-state index contributed by atoms with van der Waals surface area (Å²) in [6, 6.07) is 7.62. The van der Waals surface area contributed by atoms with E-state index in [9.17, 15) is 9.90 Å². The van der Waals surface area contributed by atoms with Crippen molar-refractivity contribution < 1.29 is 14.6 Å². The quantitative estimate of drug-likeness (QED) is 0.388. The van der Waals surface area contributed by atoms with Gasteiger partial charge in [-0.1, -0.05) is 52.8 Å². The maximum atomic E-state index is 12.0. The zero-order valence-electron chi connectivity index (χ0n) is 9.67. The van der Waals surface area contributed by atoms with E-state index in [-0.39, 0.29) is 18.5 Å². The molecule has 0 aromatic heterocycles. The molecule has 0 amide bonds. The van der Waals surface area contributed by atoms with Crippen molar-refractivity contribution in [1.29, 1.82) is 0 Å². The molecule has 1 N–H and O–H groups in total. The van der Waals surface area contributed by atoms with Gasteiger partial charge in [-0.25, -0.2) is 0 Å². The third-order valence-electron chi connectivity index (χ3n) is 2.99. The average Bonchev–Trinajstić information content (AvgIpc) is 2.65. The first-order valence-corrected chi connectivity index (χ1v) is 7.16. The van der Waals surface area contributed by atoms with E-state index in [1.807, 2.05) is 46.9 Å². The maximum Gasteiger partial charge on any atom is 0.315 e. The van der Waals surface area contributed by atoms with Gasteiger partial charge in [-0.2, -0.15) is 0 Å². The molecule has 0 fully saturated rings. The normalized spacial score (nSPS) is 22.3. The molecule has 0 saturated heterocycles. The molecule has 1 aliphatic carbocycles. The number of benzene rings is 1. The van der Waals surface area contributed by atoms with Gasteiger partial charge in [0.05, 0.1) is 17.9 Å². The number of aliphatic hydroxyl groups is 1. The first-order chi connectivity index (χ1) is 8.67. The number of alkyl halides is 1. The number of rotatable bonds is 4. The molecule has 1 aromatic carbocycles. The van der Waals surface area contributed by atoms with E-state index >= 15 is 0 Å². The van der Waals surface area contributed by atoms with E-state index in [4.69, 9.17) is 11.2 Å². The first-order valence-electron chi connectivity index (χ1n) is 5.64. The van der Waals surface area contributed by atoms with Gasteiger partial charge in [-0.15, -0.1) is 6.42 Å². The SMILES string of the molecule is C#CC1c2cccc(c2)C1C(=O)OCC(O)CI. The number of fused-ring (bicyclic) bond motifs is 2. The van der Waals surface area contributed by atoms with Gasteiger partial charge in [0.1, 0.15) is 6.61 Å². The molecule has 94 valence electrons. The van der Waals surface area contributed by atoms with Gasteiger partial charge in [0, 0.05) is 4.43 Å². The van der Waals surface area contributed by atoms with Crippen molar-refractivity contribution in [3.05, 3.63) is 35.4 Å². The van der Waals surface area contributed by atoms with Gasteiger partial charge in [-0.3, -0.25) is 4.79 Å². The molecule has 0 radical (unpaired) electrons. The third kappa shape index (κ3) is 2.52. The predicted molar refractivity (Wildman–Crippen MR) is 76.6 cm³/mol. The number of halogens is 1. The predicted octanol–water partition coefficient (Wildman–Crippen LogP) is 1.84. The minimum atomic E-state index is -0.622. The van der Waals surface area contributed by atoms with Crippen molar-refractivity contribution >= 4 is 28.6 Å². The molecular formula is C14H13IO3. The van der Waals surface area contributed by atoms with Crippen molar-refractivity contribution in [2.24, 2.45) is 0 Å². The summed E-state index contributed by atoms with van der Waals surface area (Å²) in [4.78, 5) is 12.0. The number of esters is 1. The zero-order valence-corrected chi connectivity index (χ0v) is 11.8. The Bertz CT molecular complexity index is 492. The van der Waals surface area contributed by atoms with Gasteiger partial charge >= 0.3 is 5.97 Å². The smallest absolute Gasteiger partial charge is 0.315 e. The van der Waals surface area contributed by atoms with Gasteiger partial charge in [-0.05, 0) is 11.1 Å². The van der Waals surface area contributed by atoms with Gasteiger partial charge in [0.25, 0.3) is 0 Å². The topological polar surface area (TPSA) is 46.5 Å². The van der Waals surface area contributed by atoms with Crippen molar-refractivity contribution in [3.8, 4) is 12.3 Å². The summed E-state index contributed by atoms with van der Waals surface area (Å²) in [6.45, 7) is 0.0195. The lowest BCUT2D eigenvalue weighted by atomic mass is 9.92. The summed E-state index contributed by atoms with van der Waals surface area (Å²) >= 11 is 2.04. The van der Waals surface area contributed by atoms with Gasteiger partial charge in [0.2, 0.25) is 0 Å². The second kappa shape index (κ2) is 5.72. The summed E-state index contributed by atoms with van der Waals surface area (Å²) in [5.74, 6) is 1.60.